The van der Waals surface area contributed by atoms with Crippen LogP contribution >= 0.6 is 0 Å². The highest BCUT2D eigenvalue weighted by Gasteiger charge is 2.60. The number of nitrogens with two attached hydrogens (primary N) is 1. The number of hydrogen-bond donors (Lipinski definition) is 1. The van der Waals surface area contributed by atoms with Gasteiger partial charge in [0, 0.05) is 17.4 Å². The molecule has 5 aliphatic carbocycles. The normalized spacial score (nSPS) is 46.3. The van der Waals surface area contributed by atoms with Crippen LogP contribution in [-0.2, 0) is 5.41 Å². The molecule has 5 aliphatic rings. The van der Waals surface area contributed by atoms with E-state index in [1.165, 1.54) is 37.7 Å². The molecule has 2 nitrogen and oxygen atoms in total. The number of fused-ring (bicyclic) bond motifs is 1. The fourth-order valence-electron chi connectivity index (χ4n) is 6.48. The zero-order chi connectivity index (χ0) is 13.3. The number of nitrogens with zero attached hydrogens (tertiary/aromatic N) is 1. The lowest BCUT2D eigenvalue weighted by Crippen LogP contribution is -2.54. The Morgan fingerprint density at radius 2 is 1.60 bits per heavy atom. The summed E-state index contributed by atoms with van der Waals surface area (Å²) >= 11 is 0. The van der Waals surface area contributed by atoms with E-state index in [1.807, 2.05) is 0 Å². The van der Waals surface area contributed by atoms with E-state index in [0.717, 1.165) is 35.8 Å². The van der Waals surface area contributed by atoms with Gasteiger partial charge in [-0.3, -0.25) is 0 Å². The van der Waals surface area contributed by atoms with Gasteiger partial charge in [0.15, 0.2) is 0 Å². The molecule has 20 heavy (non-hydrogen) atoms. The van der Waals surface area contributed by atoms with E-state index in [0.29, 0.717) is 5.41 Å². The molecule has 0 aromatic heterocycles. The molecule has 0 atom stereocenters. The van der Waals surface area contributed by atoms with Crippen LogP contribution in [0.15, 0.2) is 29.4 Å². The first-order valence-corrected chi connectivity index (χ1v) is 8.18. The highest BCUT2D eigenvalue weighted by atomic mass is 15.1. The predicted octanol–water partition coefficient (Wildman–Crippen LogP) is 3.45. The number of hydrazone groups is 1. The van der Waals surface area contributed by atoms with Crippen molar-refractivity contribution in [2.24, 2.45) is 34.6 Å². The van der Waals surface area contributed by atoms with Gasteiger partial charge in [0.25, 0.3) is 0 Å². The van der Waals surface area contributed by atoms with Gasteiger partial charge in [-0.15, -0.1) is 0 Å². The summed E-state index contributed by atoms with van der Waals surface area (Å²) in [5, 5.41) is 4.15. The topological polar surface area (TPSA) is 38.4 Å². The average molecular weight is 266 g/mol. The van der Waals surface area contributed by atoms with Crippen molar-refractivity contribution in [2.45, 2.75) is 43.9 Å². The predicted molar refractivity (Wildman–Crippen MR) is 80.5 cm³/mol. The average Bonchev–Trinajstić information content (AvgIpc) is 2.80. The second-order valence-electron chi connectivity index (χ2n) is 7.64. The summed E-state index contributed by atoms with van der Waals surface area (Å²) in [5.74, 6) is 9.53. The summed E-state index contributed by atoms with van der Waals surface area (Å²) in [6, 6.07) is 8.96. The lowest BCUT2D eigenvalue weighted by molar-refractivity contribution is -0.0557. The van der Waals surface area contributed by atoms with Crippen molar-refractivity contribution >= 4 is 5.71 Å². The molecular weight excluding hydrogens is 244 g/mol. The van der Waals surface area contributed by atoms with Gasteiger partial charge in [0.05, 0.1) is 5.71 Å². The number of benzene rings is 1. The molecule has 0 unspecified atom stereocenters. The molecule has 4 saturated carbocycles. The van der Waals surface area contributed by atoms with Crippen molar-refractivity contribution in [1.29, 1.82) is 0 Å². The molecular formula is C18H22N2. The second kappa shape index (κ2) is 3.66. The molecule has 4 bridgehead atoms. The fraction of sp³-hybridized carbons (Fsp3) is 0.611. The van der Waals surface area contributed by atoms with Crippen LogP contribution < -0.4 is 5.84 Å². The van der Waals surface area contributed by atoms with Gasteiger partial charge in [-0.05, 0) is 61.3 Å². The molecule has 1 aromatic carbocycles. The summed E-state index contributed by atoms with van der Waals surface area (Å²) in [4.78, 5) is 0. The number of hydrogen-bond acceptors (Lipinski definition) is 2. The Morgan fingerprint density at radius 3 is 2.25 bits per heavy atom. The van der Waals surface area contributed by atoms with E-state index >= 15 is 0 Å². The molecule has 1 aromatic rings. The molecule has 4 fully saturated rings. The Balaban J connectivity index is 1.71. The molecule has 1 spiro atoms. The lowest BCUT2D eigenvalue weighted by Gasteiger charge is -2.60. The third kappa shape index (κ3) is 1.19. The van der Waals surface area contributed by atoms with Crippen LogP contribution in [0, 0.1) is 23.7 Å². The van der Waals surface area contributed by atoms with Crippen molar-refractivity contribution in [3.05, 3.63) is 35.4 Å². The van der Waals surface area contributed by atoms with E-state index < -0.39 is 0 Å². The van der Waals surface area contributed by atoms with Crippen molar-refractivity contribution < 1.29 is 0 Å². The quantitative estimate of drug-likeness (QED) is 0.567. The van der Waals surface area contributed by atoms with Gasteiger partial charge in [-0.2, -0.15) is 5.10 Å². The van der Waals surface area contributed by atoms with Crippen LogP contribution in [0.3, 0.4) is 0 Å². The molecule has 0 aliphatic heterocycles. The second-order valence-corrected chi connectivity index (χ2v) is 7.64. The van der Waals surface area contributed by atoms with Crippen LogP contribution in [0.2, 0.25) is 0 Å². The van der Waals surface area contributed by atoms with E-state index in [2.05, 4.69) is 29.4 Å². The maximum atomic E-state index is 5.71. The zero-order valence-corrected chi connectivity index (χ0v) is 11.9. The van der Waals surface area contributed by atoms with Crippen LogP contribution in [0.25, 0.3) is 0 Å². The molecule has 0 amide bonds. The minimum atomic E-state index is 0.391. The highest BCUT2D eigenvalue weighted by Crippen LogP contribution is 2.66. The van der Waals surface area contributed by atoms with Gasteiger partial charge in [-0.1, -0.05) is 24.3 Å². The SMILES string of the molecule is N/N=C1/CC2(c3ccccc31)C1CC3CC(C1)CC2C3. The summed E-state index contributed by atoms with van der Waals surface area (Å²) in [5.41, 5.74) is 4.48. The van der Waals surface area contributed by atoms with Gasteiger partial charge in [0.1, 0.15) is 0 Å². The number of rotatable bonds is 0. The van der Waals surface area contributed by atoms with Gasteiger partial charge in [0.2, 0.25) is 0 Å². The maximum Gasteiger partial charge on any atom is 0.0684 e. The van der Waals surface area contributed by atoms with Crippen molar-refractivity contribution in [3.63, 3.8) is 0 Å². The molecule has 104 valence electrons. The van der Waals surface area contributed by atoms with Crippen LogP contribution in [0.4, 0.5) is 0 Å². The van der Waals surface area contributed by atoms with Crippen molar-refractivity contribution in [3.8, 4) is 0 Å². The molecule has 0 heterocycles. The summed E-state index contributed by atoms with van der Waals surface area (Å²) in [7, 11) is 0. The monoisotopic (exact) mass is 266 g/mol. The minimum absolute atomic E-state index is 0.391. The fourth-order valence-corrected chi connectivity index (χ4v) is 6.48. The lowest BCUT2D eigenvalue weighted by atomic mass is 9.44. The van der Waals surface area contributed by atoms with E-state index in [1.54, 1.807) is 5.56 Å². The largest absolute Gasteiger partial charge is 0.323 e. The van der Waals surface area contributed by atoms with E-state index in [-0.39, 0.29) is 0 Å². The van der Waals surface area contributed by atoms with Crippen LogP contribution in [-0.4, -0.2) is 5.71 Å². The smallest absolute Gasteiger partial charge is 0.0684 e. The first kappa shape index (κ1) is 11.4. The Hall–Kier alpha value is -1.31. The van der Waals surface area contributed by atoms with E-state index in [4.69, 9.17) is 5.84 Å². The van der Waals surface area contributed by atoms with Gasteiger partial charge >= 0.3 is 0 Å². The first-order chi connectivity index (χ1) is 9.81. The van der Waals surface area contributed by atoms with Crippen molar-refractivity contribution in [2.75, 3.05) is 0 Å². The van der Waals surface area contributed by atoms with E-state index in [9.17, 15) is 0 Å². The standard InChI is InChI=1S/C18H22N2/c19-20-17-10-18(16-4-2-1-3-15(16)17)13-6-11-5-12(8-13)9-14(18)7-11/h1-4,11-14H,5-10,19H2/b20-17-. The molecule has 6 rings (SSSR count). The Labute approximate surface area is 120 Å². The molecule has 2 N–H and O–H groups in total. The van der Waals surface area contributed by atoms with Crippen LogP contribution in [0.1, 0.15) is 49.7 Å². The first-order valence-electron chi connectivity index (χ1n) is 8.18. The Morgan fingerprint density at radius 1 is 0.950 bits per heavy atom. The summed E-state index contributed by atoms with van der Waals surface area (Å²) < 4.78 is 0. The van der Waals surface area contributed by atoms with Crippen LogP contribution in [0.5, 0.6) is 0 Å². The van der Waals surface area contributed by atoms with Crippen molar-refractivity contribution in [1.82, 2.24) is 0 Å². The Kier molecular flexibility index (Phi) is 2.08. The minimum Gasteiger partial charge on any atom is -0.323 e. The third-order valence-corrected chi connectivity index (χ3v) is 6.95. The van der Waals surface area contributed by atoms with Gasteiger partial charge < -0.3 is 5.84 Å². The molecule has 0 saturated heterocycles. The molecule has 2 heteroatoms. The third-order valence-electron chi connectivity index (χ3n) is 6.95. The summed E-state index contributed by atoms with van der Waals surface area (Å²) in [6.07, 6.45) is 8.46. The summed E-state index contributed by atoms with van der Waals surface area (Å²) in [6.45, 7) is 0. The van der Waals surface area contributed by atoms with Gasteiger partial charge in [-0.25, -0.2) is 0 Å². The highest BCUT2D eigenvalue weighted by molar-refractivity contribution is 6.06. The molecule has 0 radical (unpaired) electrons. The Bertz CT molecular complexity index is 573. The maximum absolute atomic E-state index is 5.71. The zero-order valence-electron chi connectivity index (χ0n) is 11.9.